The average Bonchev–Trinajstić information content (AvgIpc) is 3.15. The van der Waals surface area contributed by atoms with Gasteiger partial charge in [-0.15, -0.1) is 0 Å². The Morgan fingerprint density at radius 3 is 1.60 bits per heavy atom. The lowest BCUT2D eigenvalue weighted by Gasteiger charge is -2.29. The van der Waals surface area contributed by atoms with Crippen LogP contribution in [0.4, 0.5) is 0 Å². The minimum atomic E-state index is -1.91. The molecule has 1 aromatic rings. The number of nitrogens with one attached hydrogen (secondary N) is 6. The van der Waals surface area contributed by atoms with Gasteiger partial charge in [0, 0.05) is 13.0 Å². The number of hydrogen-bond acceptors (Lipinski definition) is 13. The molecule has 24 heteroatoms. The van der Waals surface area contributed by atoms with Gasteiger partial charge in [-0.2, -0.15) is 0 Å². The Bertz CT molecular complexity index is 1770. The van der Waals surface area contributed by atoms with Crippen LogP contribution in [0.25, 0.3) is 0 Å². The molecule has 1 rings (SSSR count). The van der Waals surface area contributed by atoms with Crippen LogP contribution in [0.5, 0.6) is 5.75 Å². The molecule has 0 radical (unpaired) electrons. The van der Waals surface area contributed by atoms with Gasteiger partial charge in [0.25, 0.3) is 0 Å². The molecule has 1 aromatic carbocycles. The van der Waals surface area contributed by atoms with E-state index in [2.05, 4.69) is 36.9 Å². The normalized spacial score (nSPS) is 14.9. The number of amides is 6. The molecule has 0 spiro atoms. The minimum Gasteiger partial charge on any atom is -0.508 e. The second kappa shape index (κ2) is 25.9. The van der Waals surface area contributed by atoms with Crippen molar-refractivity contribution in [1.82, 2.24) is 31.9 Å². The third-order valence-electron chi connectivity index (χ3n) is 8.97. The Balaban J connectivity index is 3.43. The standard InChI is InChI=1S/C38H60N10O14/c1-17(2)13-23(34(58)47-29(18(3)4)35(59)46-26(37(61)62)16-28(53)54)43-32(56)24(14-20-8-10-21(50)11-9-20)44-33(57)25(15-27(51)52)45-36(60)30(19(5)49)48-31(55)22(39)7-6-12-42-38(40)41/h8-11,17-19,22-26,29-30,49-50H,6-7,12-16,39H2,1-5H3,(H,43,56)(H,44,57)(H,45,60)(H,46,59)(H,47,58)(H,48,55)(H,51,52)(H,53,54)(H,61,62)(H4,40,41,42)/t19-,22+,23+,24+,25+,26+,29+,30+/m1/s1. The molecule has 24 nitrogen and oxygen atoms in total. The van der Waals surface area contributed by atoms with E-state index < -0.39 is 121 Å². The van der Waals surface area contributed by atoms with Crippen LogP contribution in [-0.4, -0.2) is 140 Å². The number of carbonyl (C=O) groups excluding carboxylic acids is 6. The maximum absolute atomic E-state index is 14.0. The van der Waals surface area contributed by atoms with Crippen molar-refractivity contribution in [1.29, 1.82) is 0 Å². The summed E-state index contributed by atoms with van der Waals surface area (Å²) < 4.78 is 0. The van der Waals surface area contributed by atoms with E-state index >= 15 is 0 Å². The molecule has 6 amide bonds. The minimum absolute atomic E-state index is 0.0370. The number of phenols is 1. The summed E-state index contributed by atoms with van der Waals surface area (Å²) in [5, 5.41) is 62.3. The van der Waals surface area contributed by atoms with Gasteiger partial charge in [0.15, 0.2) is 5.96 Å². The SMILES string of the molecule is CC(C)C[C@H](NC(=O)[C@H](Cc1ccc(O)cc1)NC(=O)[C@H](CC(=O)O)NC(=O)[C@@H](NC(=O)[C@@H](N)CCCN=C(N)N)[C@@H](C)O)C(=O)N[C@H](C(=O)N[C@@H](CC(=O)O)C(=O)O)C(C)C. The summed E-state index contributed by atoms with van der Waals surface area (Å²) in [5.41, 5.74) is 16.8. The number of nitrogens with two attached hydrogens (primary N) is 3. The molecule has 0 bridgehead atoms. The van der Waals surface area contributed by atoms with E-state index in [4.69, 9.17) is 22.3 Å². The Kier molecular flexibility index (Phi) is 22.4. The zero-order valence-corrected chi connectivity index (χ0v) is 35.1. The van der Waals surface area contributed by atoms with Crippen LogP contribution >= 0.6 is 0 Å². The number of rotatable bonds is 27. The highest BCUT2D eigenvalue weighted by Crippen LogP contribution is 2.14. The second-order valence-corrected chi connectivity index (χ2v) is 15.3. The van der Waals surface area contributed by atoms with Crippen LogP contribution in [0, 0.1) is 11.8 Å². The number of aliphatic hydroxyl groups excluding tert-OH is 1. The van der Waals surface area contributed by atoms with E-state index in [-0.39, 0.29) is 49.9 Å². The molecule has 17 N–H and O–H groups in total. The number of aliphatic imine (C=N–C) groups is 1. The summed E-state index contributed by atoms with van der Waals surface area (Å²) in [5.74, 6) is -12.1. The molecule has 0 fully saturated rings. The quantitative estimate of drug-likeness (QED) is 0.0230. The van der Waals surface area contributed by atoms with Crippen molar-refractivity contribution < 1.29 is 68.7 Å². The summed E-state index contributed by atoms with van der Waals surface area (Å²) in [7, 11) is 0. The molecular formula is C38H60N10O14. The Morgan fingerprint density at radius 1 is 0.629 bits per heavy atom. The van der Waals surface area contributed by atoms with Crippen molar-refractivity contribution in [3.8, 4) is 5.75 Å². The lowest BCUT2D eigenvalue weighted by molar-refractivity contribution is -0.147. The van der Waals surface area contributed by atoms with Gasteiger partial charge >= 0.3 is 17.9 Å². The average molecular weight is 881 g/mol. The Labute approximate surface area is 357 Å². The van der Waals surface area contributed by atoms with Gasteiger partial charge in [-0.1, -0.05) is 39.8 Å². The van der Waals surface area contributed by atoms with E-state index in [1.165, 1.54) is 38.1 Å². The highest BCUT2D eigenvalue weighted by atomic mass is 16.4. The molecule has 0 saturated heterocycles. The monoisotopic (exact) mass is 880 g/mol. The van der Waals surface area contributed by atoms with Gasteiger partial charge in [-0.25, -0.2) is 4.79 Å². The van der Waals surface area contributed by atoms with E-state index in [1.807, 2.05) is 0 Å². The van der Waals surface area contributed by atoms with Crippen LogP contribution in [0.15, 0.2) is 29.3 Å². The van der Waals surface area contributed by atoms with E-state index in [9.17, 15) is 63.6 Å². The molecule has 8 atom stereocenters. The van der Waals surface area contributed by atoms with E-state index in [0.717, 1.165) is 6.92 Å². The van der Waals surface area contributed by atoms with Gasteiger partial charge < -0.3 is 74.6 Å². The number of nitrogens with zero attached hydrogens (tertiary/aromatic N) is 1. The van der Waals surface area contributed by atoms with Crippen LogP contribution in [0.3, 0.4) is 0 Å². The number of aliphatic carboxylic acids is 3. The molecule has 0 heterocycles. The van der Waals surface area contributed by atoms with Crippen molar-refractivity contribution in [2.45, 2.75) is 122 Å². The van der Waals surface area contributed by atoms with Crippen molar-refractivity contribution >= 4 is 59.3 Å². The lowest BCUT2D eigenvalue weighted by atomic mass is 9.98. The third kappa shape index (κ3) is 19.7. The Morgan fingerprint density at radius 2 is 1.10 bits per heavy atom. The number of carbonyl (C=O) groups is 9. The predicted octanol–water partition coefficient (Wildman–Crippen LogP) is -3.66. The number of aromatic hydroxyl groups is 1. The number of carboxylic acids is 3. The maximum atomic E-state index is 14.0. The fraction of sp³-hybridized carbons (Fsp3) is 0.579. The smallest absolute Gasteiger partial charge is 0.326 e. The predicted molar refractivity (Wildman–Crippen MR) is 219 cm³/mol. The number of hydrogen-bond donors (Lipinski definition) is 14. The van der Waals surface area contributed by atoms with Crippen molar-refractivity contribution in [2.75, 3.05) is 6.54 Å². The fourth-order valence-corrected chi connectivity index (χ4v) is 5.71. The topological polar surface area (TPSA) is 417 Å². The first kappa shape index (κ1) is 53.5. The zero-order chi connectivity index (χ0) is 47.4. The lowest BCUT2D eigenvalue weighted by Crippen LogP contribution is -2.61. The van der Waals surface area contributed by atoms with Gasteiger partial charge in [0.05, 0.1) is 25.0 Å². The summed E-state index contributed by atoms with van der Waals surface area (Å²) in [6, 6.07) is -5.62. The summed E-state index contributed by atoms with van der Waals surface area (Å²) in [4.78, 5) is 119. The first-order valence-corrected chi connectivity index (χ1v) is 19.6. The van der Waals surface area contributed by atoms with E-state index in [0.29, 0.717) is 5.56 Å². The van der Waals surface area contributed by atoms with Gasteiger partial charge in [0.1, 0.15) is 42.0 Å². The number of phenolic OH excluding ortho intramolecular Hbond substituents is 1. The summed E-state index contributed by atoms with van der Waals surface area (Å²) in [6.07, 6.45) is -3.57. The van der Waals surface area contributed by atoms with Crippen molar-refractivity contribution in [3.05, 3.63) is 29.8 Å². The number of benzene rings is 1. The maximum Gasteiger partial charge on any atom is 0.326 e. The second-order valence-electron chi connectivity index (χ2n) is 15.3. The summed E-state index contributed by atoms with van der Waals surface area (Å²) >= 11 is 0. The van der Waals surface area contributed by atoms with Crippen LogP contribution in [0.1, 0.15) is 72.3 Å². The summed E-state index contributed by atoms with van der Waals surface area (Å²) in [6.45, 7) is 7.76. The molecule has 0 aromatic heterocycles. The molecule has 0 aliphatic rings. The van der Waals surface area contributed by atoms with Crippen molar-refractivity contribution in [3.63, 3.8) is 0 Å². The molecular weight excluding hydrogens is 820 g/mol. The highest BCUT2D eigenvalue weighted by Gasteiger charge is 2.36. The fourth-order valence-electron chi connectivity index (χ4n) is 5.71. The van der Waals surface area contributed by atoms with Crippen LogP contribution in [-0.2, 0) is 49.6 Å². The van der Waals surface area contributed by atoms with E-state index in [1.54, 1.807) is 13.8 Å². The van der Waals surface area contributed by atoms with Crippen molar-refractivity contribution in [2.24, 2.45) is 34.0 Å². The van der Waals surface area contributed by atoms with Crippen LogP contribution in [0.2, 0.25) is 0 Å². The first-order chi connectivity index (χ1) is 28.8. The molecule has 0 saturated carbocycles. The highest BCUT2D eigenvalue weighted by molar-refractivity contribution is 5.98. The third-order valence-corrected chi connectivity index (χ3v) is 8.97. The molecule has 62 heavy (non-hydrogen) atoms. The number of guanidine groups is 1. The van der Waals surface area contributed by atoms with Gasteiger partial charge in [-0.3, -0.25) is 43.3 Å². The van der Waals surface area contributed by atoms with Gasteiger partial charge in [0.2, 0.25) is 35.4 Å². The van der Waals surface area contributed by atoms with Gasteiger partial charge in [-0.05, 0) is 55.7 Å². The zero-order valence-electron chi connectivity index (χ0n) is 35.1. The Hall–Kier alpha value is -6.56. The first-order valence-electron chi connectivity index (χ1n) is 19.6. The number of carboxylic acid groups (broad SMARTS) is 3. The number of aliphatic hydroxyl groups is 1. The molecule has 346 valence electrons. The molecule has 0 aliphatic heterocycles. The largest absolute Gasteiger partial charge is 0.508 e. The van der Waals surface area contributed by atoms with Crippen LogP contribution < -0.4 is 49.1 Å². The molecule has 0 unspecified atom stereocenters. The molecule has 0 aliphatic carbocycles.